The SMILES string of the molecule is CC(C)(C)OC(=O)N1CC[C@H](N)[C@H](OCCF)C1. The average molecular weight is 262 g/mol. The normalized spacial score (nSPS) is 25.1. The van der Waals surface area contributed by atoms with E-state index in [4.69, 9.17) is 15.2 Å². The summed E-state index contributed by atoms with van der Waals surface area (Å²) in [4.78, 5) is 13.4. The van der Waals surface area contributed by atoms with Crippen molar-refractivity contribution in [3.05, 3.63) is 0 Å². The van der Waals surface area contributed by atoms with Crippen molar-refractivity contribution in [2.75, 3.05) is 26.4 Å². The molecule has 0 aromatic carbocycles. The van der Waals surface area contributed by atoms with E-state index in [0.717, 1.165) is 0 Å². The minimum atomic E-state index is -0.546. The van der Waals surface area contributed by atoms with Gasteiger partial charge in [-0.3, -0.25) is 0 Å². The fourth-order valence-electron chi connectivity index (χ4n) is 1.80. The lowest BCUT2D eigenvalue weighted by Gasteiger charge is -2.37. The van der Waals surface area contributed by atoms with Gasteiger partial charge in [0.15, 0.2) is 0 Å². The van der Waals surface area contributed by atoms with Gasteiger partial charge in [0.05, 0.1) is 19.3 Å². The van der Waals surface area contributed by atoms with Crippen molar-refractivity contribution in [3.63, 3.8) is 0 Å². The summed E-state index contributed by atoms with van der Waals surface area (Å²) in [5, 5.41) is 0. The van der Waals surface area contributed by atoms with E-state index in [1.165, 1.54) is 0 Å². The second kappa shape index (κ2) is 6.33. The molecule has 106 valence electrons. The number of amides is 1. The Bertz CT molecular complexity index is 281. The number of alkyl halides is 1. The summed E-state index contributed by atoms with van der Waals surface area (Å²) in [6.45, 7) is 5.82. The number of nitrogens with two attached hydrogens (primary N) is 1. The Balaban J connectivity index is 2.50. The summed E-state index contributed by atoms with van der Waals surface area (Å²) in [6, 6.07) is -0.157. The molecule has 1 aliphatic heterocycles. The number of carbonyl (C=O) groups excluding carboxylic acids is 1. The predicted molar refractivity (Wildman–Crippen MR) is 66.1 cm³/mol. The van der Waals surface area contributed by atoms with Crippen LogP contribution in [0.25, 0.3) is 0 Å². The van der Waals surface area contributed by atoms with Gasteiger partial charge < -0.3 is 20.1 Å². The number of nitrogens with zero attached hydrogens (tertiary/aromatic N) is 1. The molecule has 0 spiro atoms. The number of ether oxygens (including phenoxy) is 2. The summed E-state index contributed by atoms with van der Waals surface area (Å²) in [6.07, 6.45) is -0.0545. The molecule has 5 nitrogen and oxygen atoms in total. The Morgan fingerprint density at radius 2 is 2.17 bits per heavy atom. The van der Waals surface area contributed by atoms with E-state index in [2.05, 4.69) is 0 Å². The minimum absolute atomic E-state index is 0.0144. The Hall–Kier alpha value is -0.880. The molecule has 0 unspecified atom stereocenters. The van der Waals surface area contributed by atoms with Gasteiger partial charge in [0.1, 0.15) is 12.3 Å². The third-order valence-corrected chi connectivity index (χ3v) is 2.67. The minimum Gasteiger partial charge on any atom is -0.444 e. The van der Waals surface area contributed by atoms with Gasteiger partial charge in [-0.25, -0.2) is 9.18 Å². The monoisotopic (exact) mass is 262 g/mol. The van der Waals surface area contributed by atoms with Gasteiger partial charge in [0.2, 0.25) is 0 Å². The van der Waals surface area contributed by atoms with Crippen LogP contribution >= 0.6 is 0 Å². The second-order valence-corrected chi connectivity index (χ2v) is 5.48. The largest absolute Gasteiger partial charge is 0.444 e. The molecule has 0 aromatic heterocycles. The van der Waals surface area contributed by atoms with Crippen LogP contribution in [-0.2, 0) is 9.47 Å². The van der Waals surface area contributed by atoms with Crippen molar-refractivity contribution in [2.24, 2.45) is 5.73 Å². The predicted octanol–water partition coefficient (Wildman–Crippen LogP) is 1.31. The fourth-order valence-corrected chi connectivity index (χ4v) is 1.80. The van der Waals surface area contributed by atoms with Crippen molar-refractivity contribution >= 4 is 6.09 Å². The summed E-state index contributed by atoms with van der Waals surface area (Å²) in [5.74, 6) is 0. The van der Waals surface area contributed by atoms with E-state index < -0.39 is 12.3 Å². The van der Waals surface area contributed by atoms with E-state index in [-0.39, 0.29) is 24.8 Å². The van der Waals surface area contributed by atoms with Gasteiger partial charge in [-0.05, 0) is 27.2 Å². The van der Waals surface area contributed by atoms with Crippen molar-refractivity contribution in [3.8, 4) is 0 Å². The number of hydrogen-bond donors (Lipinski definition) is 1. The van der Waals surface area contributed by atoms with Gasteiger partial charge in [0.25, 0.3) is 0 Å². The maximum Gasteiger partial charge on any atom is 0.410 e. The van der Waals surface area contributed by atoms with E-state index in [9.17, 15) is 9.18 Å². The lowest BCUT2D eigenvalue weighted by Crippen LogP contribution is -2.54. The van der Waals surface area contributed by atoms with Crippen LogP contribution in [0.2, 0.25) is 0 Å². The zero-order chi connectivity index (χ0) is 13.8. The molecule has 0 radical (unpaired) electrons. The molecule has 18 heavy (non-hydrogen) atoms. The molecular weight excluding hydrogens is 239 g/mol. The molecular formula is C12H23FN2O3. The Morgan fingerprint density at radius 3 is 2.72 bits per heavy atom. The zero-order valence-corrected chi connectivity index (χ0v) is 11.3. The lowest BCUT2D eigenvalue weighted by molar-refractivity contribution is -0.0308. The standard InChI is InChI=1S/C12H23FN2O3/c1-12(2,3)18-11(16)15-6-4-9(14)10(8-15)17-7-5-13/h9-10H,4-8,14H2,1-3H3/t9-,10+/m0/s1. The molecule has 2 N–H and O–H groups in total. The van der Waals surface area contributed by atoms with Crippen LogP contribution < -0.4 is 5.73 Å². The highest BCUT2D eigenvalue weighted by Crippen LogP contribution is 2.16. The van der Waals surface area contributed by atoms with Gasteiger partial charge >= 0.3 is 6.09 Å². The highest BCUT2D eigenvalue weighted by atomic mass is 19.1. The first-order valence-corrected chi connectivity index (χ1v) is 6.24. The summed E-state index contributed by atoms with van der Waals surface area (Å²) in [5.41, 5.74) is 5.36. The van der Waals surface area contributed by atoms with Crippen molar-refractivity contribution in [1.82, 2.24) is 4.90 Å². The van der Waals surface area contributed by atoms with Crippen LogP contribution in [0.3, 0.4) is 0 Å². The smallest absolute Gasteiger partial charge is 0.410 e. The molecule has 1 saturated heterocycles. The first-order chi connectivity index (χ1) is 8.33. The molecule has 1 aliphatic rings. The topological polar surface area (TPSA) is 64.8 Å². The molecule has 0 bridgehead atoms. The lowest BCUT2D eigenvalue weighted by atomic mass is 10.0. The number of hydrogen-bond acceptors (Lipinski definition) is 4. The van der Waals surface area contributed by atoms with Crippen molar-refractivity contribution < 1.29 is 18.7 Å². The Morgan fingerprint density at radius 1 is 1.50 bits per heavy atom. The maximum absolute atomic E-state index is 12.1. The van der Waals surface area contributed by atoms with Gasteiger partial charge in [-0.1, -0.05) is 0 Å². The van der Waals surface area contributed by atoms with E-state index in [1.54, 1.807) is 4.90 Å². The summed E-state index contributed by atoms with van der Waals surface area (Å²) >= 11 is 0. The molecule has 6 heteroatoms. The maximum atomic E-state index is 12.1. The van der Waals surface area contributed by atoms with Gasteiger partial charge in [0, 0.05) is 12.6 Å². The summed E-state index contributed by atoms with van der Waals surface area (Å²) < 4.78 is 22.7. The molecule has 0 aliphatic carbocycles. The third-order valence-electron chi connectivity index (χ3n) is 2.67. The summed E-state index contributed by atoms with van der Waals surface area (Å²) in [7, 11) is 0. The fraction of sp³-hybridized carbons (Fsp3) is 0.917. The van der Waals surface area contributed by atoms with Gasteiger partial charge in [-0.15, -0.1) is 0 Å². The Labute approximate surface area is 107 Å². The van der Waals surface area contributed by atoms with Crippen LogP contribution in [0.4, 0.5) is 9.18 Å². The zero-order valence-electron chi connectivity index (χ0n) is 11.3. The molecule has 1 rings (SSSR count). The molecule has 0 saturated carbocycles. The van der Waals surface area contributed by atoms with Crippen LogP contribution in [-0.4, -0.2) is 55.1 Å². The van der Waals surface area contributed by atoms with Crippen LogP contribution in [0.1, 0.15) is 27.2 Å². The van der Waals surface area contributed by atoms with Gasteiger partial charge in [-0.2, -0.15) is 0 Å². The molecule has 1 amide bonds. The highest BCUT2D eigenvalue weighted by Gasteiger charge is 2.32. The molecule has 1 heterocycles. The van der Waals surface area contributed by atoms with Crippen LogP contribution in [0.15, 0.2) is 0 Å². The first-order valence-electron chi connectivity index (χ1n) is 6.24. The van der Waals surface area contributed by atoms with Crippen molar-refractivity contribution in [1.29, 1.82) is 0 Å². The van der Waals surface area contributed by atoms with E-state index in [1.807, 2.05) is 20.8 Å². The molecule has 0 aromatic rings. The van der Waals surface area contributed by atoms with Crippen LogP contribution in [0.5, 0.6) is 0 Å². The number of carbonyl (C=O) groups is 1. The number of piperidine rings is 1. The molecule has 1 fully saturated rings. The number of rotatable bonds is 3. The number of likely N-dealkylation sites (tertiary alicyclic amines) is 1. The second-order valence-electron chi connectivity index (χ2n) is 5.48. The quantitative estimate of drug-likeness (QED) is 0.833. The first kappa shape index (κ1) is 15.2. The van der Waals surface area contributed by atoms with E-state index >= 15 is 0 Å². The average Bonchev–Trinajstić information content (AvgIpc) is 2.25. The van der Waals surface area contributed by atoms with Crippen molar-refractivity contribution in [2.45, 2.75) is 44.9 Å². The highest BCUT2D eigenvalue weighted by molar-refractivity contribution is 5.68. The van der Waals surface area contributed by atoms with Crippen LogP contribution in [0, 0.1) is 0 Å². The Kier molecular flexibility index (Phi) is 5.34. The van der Waals surface area contributed by atoms with E-state index in [0.29, 0.717) is 19.5 Å². The third kappa shape index (κ3) is 4.78. The number of halogens is 1. The molecule has 2 atom stereocenters.